The lowest BCUT2D eigenvalue weighted by molar-refractivity contribution is 0.237. The fraction of sp³-hybridized carbons (Fsp3) is 0.350. The molecule has 1 unspecified atom stereocenters. The fourth-order valence-corrected chi connectivity index (χ4v) is 2.70. The third kappa shape index (κ3) is 5.30. The van der Waals surface area contributed by atoms with E-state index in [1.807, 2.05) is 31.2 Å². The molecular weight excluding hydrogens is 300 g/mol. The predicted octanol–water partition coefficient (Wildman–Crippen LogP) is 3.74. The average Bonchev–Trinajstić information content (AvgIpc) is 2.54. The van der Waals surface area contributed by atoms with E-state index in [9.17, 15) is 4.79 Å². The van der Waals surface area contributed by atoms with Crippen molar-refractivity contribution in [2.24, 2.45) is 0 Å². The standard InChI is InChI=1S/C20H26N2O2/c1-14-8-9-18(15(2)10-14)13-21-20(23)22-16(3)11-17-6-5-7-19(12-17)24-4/h5-10,12,16H,11,13H2,1-4H3,(H2,21,22,23). The zero-order valence-corrected chi connectivity index (χ0v) is 14.8. The second kappa shape index (κ2) is 8.39. The number of methoxy groups -OCH3 is 1. The molecule has 0 spiro atoms. The van der Waals surface area contributed by atoms with Crippen LogP contribution in [0.5, 0.6) is 5.75 Å². The molecule has 128 valence electrons. The van der Waals surface area contributed by atoms with Gasteiger partial charge in [0.1, 0.15) is 5.75 Å². The molecule has 0 fully saturated rings. The molecule has 0 aliphatic carbocycles. The monoisotopic (exact) mass is 326 g/mol. The second-order valence-electron chi connectivity index (χ2n) is 6.21. The molecule has 2 aromatic carbocycles. The van der Waals surface area contributed by atoms with Crippen LogP contribution in [0.4, 0.5) is 4.79 Å². The lowest BCUT2D eigenvalue weighted by atomic mass is 10.1. The number of urea groups is 1. The largest absolute Gasteiger partial charge is 0.497 e. The van der Waals surface area contributed by atoms with Crippen molar-refractivity contribution in [1.29, 1.82) is 0 Å². The first-order chi connectivity index (χ1) is 11.5. The van der Waals surface area contributed by atoms with Crippen LogP contribution in [-0.2, 0) is 13.0 Å². The first-order valence-corrected chi connectivity index (χ1v) is 8.21. The molecule has 2 rings (SSSR count). The molecule has 0 bridgehead atoms. The van der Waals surface area contributed by atoms with E-state index in [0.717, 1.165) is 23.3 Å². The Bertz CT molecular complexity index is 698. The summed E-state index contributed by atoms with van der Waals surface area (Å²) in [6.07, 6.45) is 0.758. The highest BCUT2D eigenvalue weighted by molar-refractivity contribution is 5.74. The third-order valence-corrected chi connectivity index (χ3v) is 3.99. The van der Waals surface area contributed by atoms with E-state index in [2.05, 4.69) is 42.7 Å². The Morgan fingerprint density at radius 1 is 1.17 bits per heavy atom. The molecule has 2 aromatic rings. The van der Waals surface area contributed by atoms with Crippen LogP contribution in [0, 0.1) is 13.8 Å². The maximum atomic E-state index is 12.1. The summed E-state index contributed by atoms with van der Waals surface area (Å²) in [6, 6.07) is 14.0. The molecule has 2 amide bonds. The van der Waals surface area contributed by atoms with E-state index in [1.54, 1.807) is 7.11 Å². The summed E-state index contributed by atoms with van der Waals surface area (Å²) in [4.78, 5) is 12.1. The normalized spacial score (nSPS) is 11.7. The molecule has 0 aromatic heterocycles. The summed E-state index contributed by atoms with van der Waals surface area (Å²) in [5.41, 5.74) is 4.69. The van der Waals surface area contributed by atoms with Crippen LogP contribution in [-0.4, -0.2) is 19.2 Å². The van der Waals surface area contributed by atoms with E-state index in [1.165, 1.54) is 11.1 Å². The zero-order valence-electron chi connectivity index (χ0n) is 14.8. The molecule has 0 radical (unpaired) electrons. The number of carbonyl (C=O) groups excluding carboxylic acids is 1. The highest BCUT2D eigenvalue weighted by Gasteiger charge is 2.09. The van der Waals surface area contributed by atoms with Gasteiger partial charge in [-0.2, -0.15) is 0 Å². The Hall–Kier alpha value is -2.49. The van der Waals surface area contributed by atoms with Gasteiger partial charge in [0.05, 0.1) is 7.11 Å². The number of nitrogens with one attached hydrogen (secondary N) is 2. The summed E-state index contributed by atoms with van der Waals surface area (Å²) in [5, 5.41) is 5.90. The summed E-state index contributed by atoms with van der Waals surface area (Å²) in [7, 11) is 1.65. The fourth-order valence-electron chi connectivity index (χ4n) is 2.70. The van der Waals surface area contributed by atoms with Gasteiger partial charge < -0.3 is 15.4 Å². The van der Waals surface area contributed by atoms with Gasteiger partial charge in [-0.05, 0) is 56.0 Å². The van der Waals surface area contributed by atoms with Crippen LogP contribution in [0.2, 0.25) is 0 Å². The molecule has 2 N–H and O–H groups in total. The van der Waals surface area contributed by atoms with Gasteiger partial charge in [0.2, 0.25) is 0 Å². The second-order valence-corrected chi connectivity index (χ2v) is 6.21. The van der Waals surface area contributed by atoms with E-state index in [4.69, 9.17) is 4.74 Å². The molecule has 0 heterocycles. The molecule has 0 aliphatic rings. The van der Waals surface area contributed by atoms with Gasteiger partial charge in [0, 0.05) is 12.6 Å². The van der Waals surface area contributed by atoms with Gasteiger partial charge in [-0.1, -0.05) is 35.9 Å². The van der Waals surface area contributed by atoms with Crippen LogP contribution in [0.1, 0.15) is 29.2 Å². The van der Waals surface area contributed by atoms with Gasteiger partial charge in [-0.25, -0.2) is 4.79 Å². The molecule has 0 aliphatic heterocycles. The summed E-state index contributed by atoms with van der Waals surface area (Å²) in [5.74, 6) is 0.832. The van der Waals surface area contributed by atoms with Crippen LogP contribution < -0.4 is 15.4 Å². The third-order valence-electron chi connectivity index (χ3n) is 3.99. The Morgan fingerprint density at radius 2 is 1.96 bits per heavy atom. The molecule has 1 atom stereocenters. The molecule has 4 nitrogen and oxygen atoms in total. The Balaban J connectivity index is 1.82. The number of carbonyl (C=O) groups is 1. The lowest BCUT2D eigenvalue weighted by Gasteiger charge is -2.16. The zero-order chi connectivity index (χ0) is 17.5. The number of benzene rings is 2. The summed E-state index contributed by atoms with van der Waals surface area (Å²) >= 11 is 0. The SMILES string of the molecule is COc1cccc(CC(C)NC(=O)NCc2ccc(C)cc2C)c1. The number of rotatable bonds is 6. The Kier molecular flexibility index (Phi) is 6.24. The van der Waals surface area contributed by atoms with Crippen LogP contribution in [0.15, 0.2) is 42.5 Å². The van der Waals surface area contributed by atoms with Crippen molar-refractivity contribution in [2.75, 3.05) is 7.11 Å². The molecule has 0 saturated heterocycles. The maximum Gasteiger partial charge on any atom is 0.315 e. The molecular formula is C20H26N2O2. The van der Waals surface area contributed by atoms with E-state index in [-0.39, 0.29) is 12.1 Å². The van der Waals surface area contributed by atoms with Crippen LogP contribution >= 0.6 is 0 Å². The van der Waals surface area contributed by atoms with Gasteiger partial charge in [-0.3, -0.25) is 0 Å². The van der Waals surface area contributed by atoms with E-state index >= 15 is 0 Å². The van der Waals surface area contributed by atoms with E-state index < -0.39 is 0 Å². The van der Waals surface area contributed by atoms with Crippen molar-refractivity contribution >= 4 is 6.03 Å². The minimum Gasteiger partial charge on any atom is -0.497 e. The molecule has 4 heteroatoms. The Morgan fingerprint density at radius 3 is 2.67 bits per heavy atom. The van der Waals surface area contributed by atoms with Gasteiger partial charge in [0.15, 0.2) is 0 Å². The number of amides is 2. The van der Waals surface area contributed by atoms with Crippen LogP contribution in [0.25, 0.3) is 0 Å². The number of hydrogen-bond donors (Lipinski definition) is 2. The van der Waals surface area contributed by atoms with Crippen molar-refractivity contribution in [3.05, 3.63) is 64.7 Å². The minimum absolute atomic E-state index is 0.0382. The number of ether oxygens (including phenoxy) is 1. The van der Waals surface area contributed by atoms with Gasteiger partial charge in [0.25, 0.3) is 0 Å². The minimum atomic E-state index is -0.148. The number of aryl methyl sites for hydroxylation is 2. The first kappa shape index (κ1) is 17.9. The van der Waals surface area contributed by atoms with Crippen LogP contribution in [0.3, 0.4) is 0 Å². The summed E-state index contributed by atoms with van der Waals surface area (Å²) < 4.78 is 5.22. The van der Waals surface area contributed by atoms with Crippen molar-refractivity contribution in [1.82, 2.24) is 10.6 Å². The Labute approximate surface area is 144 Å². The molecule has 0 saturated carbocycles. The van der Waals surface area contributed by atoms with Crippen molar-refractivity contribution in [3.8, 4) is 5.75 Å². The average molecular weight is 326 g/mol. The maximum absolute atomic E-state index is 12.1. The van der Waals surface area contributed by atoms with Gasteiger partial charge in [-0.15, -0.1) is 0 Å². The van der Waals surface area contributed by atoms with Crippen molar-refractivity contribution in [2.45, 2.75) is 39.8 Å². The van der Waals surface area contributed by atoms with Crippen molar-refractivity contribution in [3.63, 3.8) is 0 Å². The topological polar surface area (TPSA) is 50.4 Å². The molecule has 24 heavy (non-hydrogen) atoms. The smallest absolute Gasteiger partial charge is 0.315 e. The highest BCUT2D eigenvalue weighted by atomic mass is 16.5. The number of hydrogen-bond acceptors (Lipinski definition) is 2. The summed E-state index contributed by atoms with van der Waals surface area (Å²) in [6.45, 7) is 6.66. The quantitative estimate of drug-likeness (QED) is 0.849. The first-order valence-electron chi connectivity index (χ1n) is 8.21. The highest BCUT2D eigenvalue weighted by Crippen LogP contribution is 2.14. The van der Waals surface area contributed by atoms with Crippen molar-refractivity contribution < 1.29 is 9.53 Å². The van der Waals surface area contributed by atoms with E-state index in [0.29, 0.717) is 6.54 Å². The predicted molar refractivity (Wildman–Crippen MR) is 97.4 cm³/mol. The van der Waals surface area contributed by atoms with Gasteiger partial charge >= 0.3 is 6.03 Å². The lowest BCUT2D eigenvalue weighted by Crippen LogP contribution is -2.41.